The SMILES string of the molecule is O=C(NCC(=O)N1[C@H]2CC[C@H]1c1ccccc12)c1sc2ccccc2c1Cl. The van der Waals surface area contributed by atoms with Gasteiger partial charge in [-0.05, 0) is 30.0 Å². The van der Waals surface area contributed by atoms with Crippen molar-refractivity contribution < 1.29 is 9.59 Å². The van der Waals surface area contributed by atoms with Gasteiger partial charge < -0.3 is 10.2 Å². The van der Waals surface area contributed by atoms with Crippen LogP contribution in [0.3, 0.4) is 0 Å². The van der Waals surface area contributed by atoms with Crippen LogP contribution in [0.2, 0.25) is 5.02 Å². The van der Waals surface area contributed by atoms with E-state index in [2.05, 4.69) is 17.4 Å². The van der Waals surface area contributed by atoms with E-state index in [0.717, 1.165) is 22.9 Å². The number of amides is 2. The van der Waals surface area contributed by atoms with Gasteiger partial charge in [0.15, 0.2) is 0 Å². The second-order valence-corrected chi connectivity index (χ2v) is 8.39. The van der Waals surface area contributed by atoms with Crippen molar-refractivity contribution >= 4 is 44.8 Å². The molecule has 5 rings (SSSR count). The topological polar surface area (TPSA) is 49.4 Å². The van der Waals surface area contributed by atoms with Crippen molar-refractivity contribution in [3.8, 4) is 0 Å². The van der Waals surface area contributed by atoms with Gasteiger partial charge >= 0.3 is 0 Å². The van der Waals surface area contributed by atoms with Crippen molar-refractivity contribution in [2.75, 3.05) is 6.54 Å². The fourth-order valence-corrected chi connectivity index (χ4v) is 5.81. The summed E-state index contributed by atoms with van der Waals surface area (Å²) in [5.74, 6) is -0.331. The smallest absolute Gasteiger partial charge is 0.263 e. The minimum atomic E-state index is -0.293. The molecule has 2 aliphatic rings. The first-order chi connectivity index (χ1) is 13.1. The number of carbonyl (C=O) groups excluding carboxylic acids is 2. The number of thiophene rings is 1. The van der Waals surface area contributed by atoms with E-state index in [0.29, 0.717) is 9.90 Å². The first-order valence-corrected chi connectivity index (χ1v) is 10.2. The van der Waals surface area contributed by atoms with Gasteiger partial charge in [-0.15, -0.1) is 11.3 Å². The minimum absolute atomic E-state index is 0.00953. The first-order valence-electron chi connectivity index (χ1n) is 9.00. The monoisotopic (exact) mass is 396 g/mol. The van der Waals surface area contributed by atoms with Crippen molar-refractivity contribution in [3.05, 3.63) is 69.6 Å². The molecule has 6 heteroatoms. The van der Waals surface area contributed by atoms with Crippen LogP contribution in [0.25, 0.3) is 10.1 Å². The summed E-state index contributed by atoms with van der Waals surface area (Å²) < 4.78 is 0.965. The number of nitrogens with one attached hydrogen (secondary N) is 1. The van der Waals surface area contributed by atoms with Gasteiger partial charge in [-0.3, -0.25) is 9.59 Å². The molecular formula is C21H17ClN2O2S. The van der Waals surface area contributed by atoms with Gasteiger partial charge in [0.25, 0.3) is 5.91 Å². The molecule has 0 unspecified atom stereocenters. The highest BCUT2D eigenvalue weighted by atomic mass is 35.5. The normalized spacial score (nSPS) is 20.1. The van der Waals surface area contributed by atoms with Crippen LogP contribution in [0, 0.1) is 0 Å². The van der Waals surface area contributed by atoms with Crippen LogP contribution in [0.4, 0.5) is 0 Å². The van der Waals surface area contributed by atoms with Crippen molar-refractivity contribution in [1.82, 2.24) is 10.2 Å². The maximum absolute atomic E-state index is 12.8. The summed E-state index contributed by atoms with van der Waals surface area (Å²) in [5.41, 5.74) is 2.50. The molecule has 3 aromatic rings. The van der Waals surface area contributed by atoms with E-state index < -0.39 is 0 Å². The van der Waals surface area contributed by atoms with E-state index in [-0.39, 0.29) is 30.4 Å². The molecule has 2 bridgehead atoms. The molecule has 27 heavy (non-hydrogen) atoms. The highest BCUT2D eigenvalue weighted by molar-refractivity contribution is 7.21. The van der Waals surface area contributed by atoms with Crippen molar-refractivity contribution in [1.29, 1.82) is 0 Å². The molecule has 1 fully saturated rings. The van der Waals surface area contributed by atoms with E-state index in [9.17, 15) is 9.59 Å². The Kier molecular flexibility index (Phi) is 3.95. The predicted octanol–water partition coefficient (Wildman–Crippen LogP) is 4.70. The number of hydrogen-bond donors (Lipinski definition) is 1. The third-order valence-electron chi connectivity index (χ3n) is 5.53. The lowest BCUT2D eigenvalue weighted by molar-refractivity contribution is -0.132. The van der Waals surface area contributed by atoms with Gasteiger partial charge in [0.1, 0.15) is 4.88 Å². The minimum Gasteiger partial charge on any atom is -0.342 e. The molecule has 0 aliphatic carbocycles. The lowest BCUT2D eigenvalue weighted by atomic mass is 9.92. The highest BCUT2D eigenvalue weighted by Gasteiger charge is 2.45. The maximum atomic E-state index is 12.8. The lowest BCUT2D eigenvalue weighted by Gasteiger charge is -2.22. The van der Waals surface area contributed by atoms with Gasteiger partial charge in [-0.25, -0.2) is 0 Å². The third-order valence-corrected chi connectivity index (χ3v) is 7.20. The van der Waals surface area contributed by atoms with Gasteiger partial charge in [0, 0.05) is 10.1 Å². The summed E-state index contributed by atoms with van der Waals surface area (Å²) in [4.78, 5) is 27.8. The van der Waals surface area contributed by atoms with Crippen LogP contribution < -0.4 is 5.32 Å². The first kappa shape index (κ1) is 16.8. The molecular weight excluding hydrogens is 380 g/mol. The molecule has 1 saturated heterocycles. The van der Waals surface area contributed by atoms with Gasteiger partial charge in [-0.1, -0.05) is 54.1 Å². The summed E-state index contributed by atoms with van der Waals surface area (Å²) in [7, 11) is 0. The van der Waals surface area contributed by atoms with E-state index in [1.54, 1.807) is 0 Å². The Morgan fingerprint density at radius 1 is 1.04 bits per heavy atom. The van der Waals surface area contributed by atoms with Crippen molar-refractivity contribution in [3.63, 3.8) is 0 Å². The standard InChI is InChI=1S/C21H17ClN2O2S/c22-19-14-7-3-4-8-17(14)27-20(19)21(26)23-11-18(25)24-15-9-10-16(24)13-6-2-1-5-12(13)15/h1-8,15-16H,9-11H2,(H,23,26)/t15-,16-/m0/s1. The molecule has 1 N–H and O–H groups in total. The third kappa shape index (κ3) is 2.57. The van der Waals surface area contributed by atoms with Crippen molar-refractivity contribution in [2.45, 2.75) is 24.9 Å². The molecule has 3 heterocycles. The molecule has 2 aliphatic heterocycles. The molecule has 0 radical (unpaired) electrons. The van der Waals surface area contributed by atoms with E-state index in [4.69, 9.17) is 11.6 Å². The van der Waals surface area contributed by atoms with Gasteiger partial charge in [0.2, 0.25) is 5.91 Å². The number of rotatable bonds is 3. The second-order valence-electron chi connectivity index (χ2n) is 6.96. The zero-order valence-corrected chi connectivity index (χ0v) is 16.0. The maximum Gasteiger partial charge on any atom is 0.263 e. The van der Waals surface area contributed by atoms with E-state index in [1.165, 1.54) is 22.5 Å². The summed E-state index contributed by atoms with van der Waals surface area (Å²) in [6, 6.07) is 16.2. The van der Waals surface area contributed by atoms with Crippen LogP contribution in [0.1, 0.15) is 45.7 Å². The Bertz CT molecular complexity index is 1050. The average Bonchev–Trinajstić information content (AvgIpc) is 3.37. The average molecular weight is 397 g/mol. The van der Waals surface area contributed by atoms with Crippen LogP contribution in [-0.4, -0.2) is 23.3 Å². The molecule has 4 nitrogen and oxygen atoms in total. The molecule has 2 atom stereocenters. The van der Waals surface area contributed by atoms with Gasteiger partial charge in [-0.2, -0.15) is 0 Å². The van der Waals surface area contributed by atoms with Crippen LogP contribution in [0.5, 0.6) is 0 Å². The summed E-state index contributed by atoms with van der Waals surface area (Å²) in [6.45, 7) is -0.00953. The molecule has 0 saturated carbocycles. The summed E-state index contributed by atoms with van der Waals surface area (Å²) >= 11 is 7.72. The zero-order chi connectivity index (χ0) is 18.5. The number of halogens is 1. The Balaban J connectivity index is 1.31. The Hall–Kier alpha value is -2.37. The fourth-order valence-electron chi connectivity index (χ4n) is 4.37. The number of fused-ring (bicyclic) bond motifs is 6. The predicted molar refractivity (Wildman–Crippen MR) is 107 cm³/mol. The fraction of sp³-hybridized carbons (Fsp3) is 0.238. The lowest BCUT2D eigenvalue weighted by Crippen LogP contribution is -2.38. The number of nitrogens with zero attached hydrogens (tertiary/aromatic N) is 1. The highest BCUT2D eigenvalue weighted by Crippen LogP contribution is 2.52. The van der Waals surface area contributed by atoms with Gasteiger partial charge in [0.05, 0.1) is 23.7 Å². The molecule has 2 amide bonds. The largest absolute Gasteiger partial charge is 0.342 e. The summed E-state index contributed by atoms with van der Waals surface area (Å²) in [6.07, 6.45) is 1.98. The zero-order valence-electron chi connectivity index (χ0n) is 14.4. The molecule has 0 spiro atoms. The van der Waals surface area contributed by atoms with Crippen molar-refractivity contribution in [2.24, 2.45) is 0 Å². The van der Waals surface area contributed by atoms with Crippen LogP contribution in [0.15, 0.2) is 48.5 Å². The number of benzene rings is 2. The Morgan fingerprint density at radius 3 is 2.33 bits per heavy atom. The molecule has 1 aromatic heterocycles. The summed E-state index contributed by atoms with van der Waals surface area (Å²) in [5, 5.41) is 4.09. The Morgan fingerprint density at radius 2 is 1.67 bits per heavy atom. The van der Waals surface area contributed by atoms with Crippen LogP contribution >= 0.6 is 22.9 Å². The van der Waals surface area contributed by atoms with E-state index in [1.807, 2.05) is 41.3 Å². The second kappa shape index (κ2) is 6.36. The Labute approximate surface area is 165 Å². The van der Waals surface area contributed by atoms with E-state index >= 15 is 0 Å². The molecule has 136 valence electrons. The number of carbonyl (C=O) groups is 2. The molecule has 2 aromatic carbocycles. The number of hydrogen-bond acceptors (Lipinski definition) is 3. The van der Waals surface area contributed by atoms with Crippen LogP contribution in [-0.2, 0) is 4.79 Å². The quantitative estimate of drug-likeness (QED) is 0.697.